The highest BCUT2D eigenvalue weighted by Crippen LogP contribution is 2.30. The molecule has 1 atom stereocenters. The van der Waals surface area contributed by atoms with Gasteiger partial charge in [-0.1, -0.05) is 17.3 Å². The molecule has 2 aromatic rings. The molecule has 0 aliphatic carbocycles. The van der Waals surface area contributed by atoms with E-state index >= 15 is 0 Å². The predicted octanol–water partition coefficient (Wildman–Crippen LogP) is -1.04. The quantitative estimate of drug-likeness (QED) is 0.478. The summed E-state index contributed by atoms with van der Waals surface area (Å²) in [5.41, 5.74) is 6.68. The Morgan fingerprint density at radius 2 is 2.27 bits per heavy atom. The zero-order valence-corrected chi connectivity index (χ0v) is 13.8. The summed E-state index contributed by atoms with van der Waals surface area (Å²) in [6.07, 6.45) is 2.07. The molecule has 136 valence electrons. The number of nitrogens with one attached hydrogen (secondary N) is 1. The first-order valence-corrected chi connectivity index (χ1v) is 8.06. The van der Waals surface area contributed by atoms with Gasteiger partial charge in [0.1, 0.15) is 5.75 Å². The normalized spacial score (nSPS) is 15.9. The van der Waals surface area contributed by atoms with Crippen molar-refractivity contribution in [2.75, 3.05) is 0 Å². The van der Waals surface area contributed by atoms with Gasteiger partial charge in [-0.3, -0.25) is 9.48 Å². The van der Waals surface area contributed by atoms with Crippen molar-refractivity contribution in [3.8, 4) is 5.75 Å². The van der Waals surface area contributed by atoms with Crippen molar-refractivity contribution >= 4 is 19.0 Å². The third-order valence-corrected chi connectivity index (χ3v) is 4.06. The first-order valence-electron chi connectivity index (χ1n) is 8.06. The zero-order valence-electron chi connectivity index (χ0n) is 13.8. The van der Waals surface area contributed by atoms with E-state index in [9.17, 15) is 19.7 Å². The third kappa shape index (κ3) is 3.84. The molecule has 0 bridgehead atoms. The van der Waals surface area contributed by atoms with Crippen LogP contribution >= 0.6 is 0 Å². The number of fused-ring (bicyclic) bond motifs is 1. The number of aryl methyl sites for hydroxylation is 1. The lowest BCUT2D eigenvalue weighted by atomic mass is 9.72. The molecule has 0 spiro atoms. The Bertz CT molecular complexity index is 827. The second-order valence-corrected chi connectivity index (χ2v) is 5.91. The highest BCUT2D eigenvalue weighted by atomic mass is 16.5. The molecule has 1 aliphatic heterocycles. The van der Waals surface area contributed by atoms with E-state index in [1.807, 2.05) is 0 Å². The van der Waals surface area contributed by atoms with Crippen LogP contribution in [0.1, 0.15) is 28.0 Å². The lowest BCUT2D eigenvalue weighted by molar-refractivity contribution is -0.121. The van der Waals surface area contributed by atoms with Gasteiger partial charge in [0.05, 0.1) is 23.7 Å². The van der Waals surface area contributed by atoms with Gasteiger partial charge in [-0.2, -0.15) is 0 Å². The number of rotatable bonds is 6. The molecule has 2 heterocycles. The average molecular weight is 359 g/mol. The summed E-state index contributed by atoms with van der Waals surface area (Å²) in [6, 6.07) is 4.71. The van der Waals surface area contributed by atoms with Crippen LogP contribution in [0.15, 0.2) is 24.4 Å². The average Bonchev–Trinajstić information content (AvgIpc) is 3.08. The van der Waals surface area contributed by atoms with E-state index in [-0.39, 0.29) is 36.6 Å². The van der Waals surface area contributed by atoms with Crippen molar-refractivity contribution in [1.82, 2.24) is 20.3 Å². The summed E-state index contributed by atoms with van der Waals surface area (Å²) >= 11 is 0. The number of carbonyl (C=O) groups is 2. The molecule has 1 unspecified atom stereocenters. The number of amides is 1. The molecule has 5 N–H and O–H groups in total. The number of aromatic carboxylic acids is 1. The Morgan fingerprint density at radius 1 is 1.46 bits per heavy atom. The van der Waals surface area contributed by atoms with Gasteiger partial charge in [-0.15, -0.1) is 5.10 Å². The number of hydrogen-bond donors (Lipinski definition) is 4. The number of carbonyl (C=O) groups excluding carboxylic acids is 1. The maximum atomic E-state index is 12.1. The summed E-state index contributed by atoms with van der Waals surface area (Å²) < 4.78 is 6.85. The lowest BCUT2D eigenvalue weighted by Crippen LogP contribution is -2.53. The first-order chi connectivity index (χ1) is 12.5. The molecule has 11 heteroatoms. The molecule has 1 amide bonds. The fourth-order valence-corrected chi connectivity index (χ4v) is 2.75. The van der Waals surface area contributed by atoms with Crippen molar-refractivity contribution in [2.45, 2.75) is 31.9 Å². The van der Waals surface area contributed by atoms with Crippen molar-refractivity contribution < 1.29 is 24.4 Å². The molecular formula is C15H18BN5O5. The lowest BCUT2D eigenvalue weighted by Gasteiger charge is -2.28. The van der Waals surface area contributed by atoms with Crippen LogP contribution in [0.25, 0.3) is 0 Å². The van der Waals surface area contributed by atoms with Crippen LogP contribution in [-0.4, -0.2) is 50.1 Å². The maximum absolute atomic E-state index is 12.1. The fraction of sp³-hybridized carbons (Fsp3) is 0.333. The van der Waals surface area contributed by atoms with Crippen LogP contribution in [0.5, 0.6) is 5.75 Å². The predicted molar refractivity (Wildman–Crippen MR) is 90.2 cm³/mol. The van der Waals surface area contributed by atoms with Crippen LogP contribution in [0, 0.1) is 0 Å². The van der Waals surface area contributed by atoms with Crippen LogP contribution < -0.4 is 15.7 Å². The smallest absolute Gasteiger partial charge is 0.534 e. The van der Waals surface area contributed by atoms with Gasteiger partial charge in [0.25, 0.3) is 0 Å². The summed E-state index contributed by atoms with van der Waals surface area (Å²) in [4.78, 5) is 23.4. The van der Waals surface area contributed by atoms with Crippen molar-refractivity contribution in [3.05, 3.63) is 41.2 Å². The number of carboxylic acids is 1. The van der Waals surface area contributed by atoms with Crippen LogP contribution in [-0.2, 0) is 24.3 Å². The number of hydrogen-bond acceptors (Lipinski definition) is 7. The molecule has 0 radical (unpaired) electrons. The second kappa shape index (κ2) is 7.54. The van der Waals surface area contributed by atoms with Crippen LogP contribution in [0.3, 0.4) is 0 Å². The highest BCUT2D eigenvalue weighted by Gasteiger charge is 2.37. The number of carboxylic acid groups (broad SMARTS) is 1. The SMILES string of the molecule is NCc1cn(CCC(=O)NC2Cc3cccc(C(=O)O)c3OB2O)nn1. The van der Waals surface area contributed by atoms with E-state index < -0.39 is 19.0 Å². The van der Waals surface area contributed by atoms with Gasteiger partial charge in [0, 0.05) is 19.2 Å². The van der Waals surface area contributed by atoms with E-state index in [1.165, 1.54) is 10.7 Å². The van der Waals surface area contributed by atoms with Crippen LogP contribution in [0.4, 0.5) is 0 Å². The van der Waals surface area contributed by atoms with Crippen LogP contribution in [0.2, 0.25) is 0 Å². The Balaban J connectivity index is 1.60. The molecule has 1 aromatic heterocycles. The van der Waals surface area contributed by atoms with Gasteiger partial charge < -0.3 is 25.8 Å². The first kappa shape index (κ1) is 17.9. The molecule has 1 aliphatic rings. The van der Waals surface area contributed by atoms with E-state index in [4.69, 9.17) is 10.4 Å². The Hall–Kier alpha value is -2.92. The number of nitrogens with two attached hydrogens (primary N) is 1. The Kier molecular flexibility index (Phi) is 5.19. The second-order valence-electron chi connectivity index (χ2n) is 5.91. The van der Waals surface area contributed by atoms with E-state index in [0.717, 1.165) is 0 Å². The monoisotopic (exact) mass is 359 g/mol. The molecular weight excluding hydrogens is 341 g/mol. The summed E-state index contributed by atoms with van der Waals surface area (Å²) in [7, 11) is -1.33. The van der Waals surface area contributed by atoms with E-state index in [0.29, 0.717) is 17.8 Å². The minimum atomic E-state index is -1.33. The van der Waals surface area contributed by atoms with Crippen molar-refractivity contribution in [2.24, 2.45) is 5.73 Å². The van der Waals surface area contributed by atoms with Gasteiger partial charge >= 0.3 is 13.1 Å². The molecule has 26 heavy (non-hydrogen) atoms. The maximum Gasteiger partial charge on any atom is 0.547 e. The summed E-state index contributed by atoms with van der Waals surface area (Å²) in [6.45, 7) is 0.595. The van der Waals surface area contributed by atoms with Gasteiger partial charge in [0.2, 0.25) is 5.91 Å². The molecule has 0 saturated heterocycles. The largest absolute Gasteiger partial charge is 0.547 e. The highest BCUT2D eigenvalue weighted by molar-refractivity contribution is 6.47. The number of aromatic nitrogens is 3. The topological polar surface area (TPSA) is 153 Å². The van der Waals surface area contributed by atoms with E-state index in [2.05, 4.69) is 15.6 Å². The third-order valence-electron chi connectivity index (χ3n) is 4.06. The number of nitrogens with zero attached hydrogens (tertiary/aromatic N) is 3. The molecule has 10 nitrogen and oxygen atoms in total. The van der Waals surface area contributed by atoms with Crippen molar-refractivity contribution in [1.29, 1.82) is 0 Å². The van der Waals surface area contributed by atoms with Crippen molar-refractivity contribution in [3.63, 3.8) is 0 Å². The minimum absolute atomic E-state index is 0.0202. The number of benzene rings is 1. The summed E-state index contributed by atoms with van der Waals surface area (Å²) in [5.74, 6) is -1.97. The zero-order chi connectivity index (χ0) is 18.7. The number of para-hydroxylation sites is 1. The fourth-order valence-electron chi connectivity index (χ4n) is 2.75. The van der Waals surface area contributed by atoms with Gasteiger partial charge in [0.15, 0.2) is 0 Å². The molecule has 3 rings (SSSR count). The minimum Gasteiger partial charge on any atom is -0.534 e. The molecule has 1 aromatic carbocycles. The molecule has 0 saturated carbocycles. The Morgan fingerprint density at radius 3 is 2.96 bits per heavy atom. The molecule has 0 fully saturated rings. The van der Waals surface area contributed by atoms with Gasteiger partial charge in [-0.25, -0.2) is 4.79 Å². The van der Waals surface area contributed by atoms with Gasteiger partial charge in [-0.05, 0) is 18.1 Å². The van der Waals surface area contributed by atoms with E-state index in [1.54, 1.807) is 18.3 Å². The Labute approximate surface area is 149 Å². The standard InChI is InChI=1S/C15H18BN5O5/c17-7-10-8-21(20-19-10)5-4-13(22)18-12-6-9-2-1-3-11(15(23)24)14(9)26-16(12)25/h1-3,8,12,25H,4-7,17H2,(H,18,22)(H,23,24). The summed E-state index contributed by atoms with van der Waals surface area (Å²) in [5, 5.41) is 29.7.